The highest BCUT2D eigenvalue weighted by Gasteiger charge is 2.28. The number of rotatable bonds is 3. The van der Waals surface area contributed by atoms with Crippen molar-refractivity contribution in [2.75, 3.05) is 11.5 Å². The van der Waals surface area contributed by atoms with Gasteiger partial charge in [0, 0.05) is 12.1 Å². The van der Waals surface area contributed by atoms with Crippen molar-refractivity contribution >= 4 is 21.8 Å². The first-order valence-corrected chi connectivity index (χ1v) is 8.44. The van der Waals surface area contributed by atoms with Crippen LogP contribution in [-0.2, 0) is 14.6 Å². The maximum absolute atomic E-state index is 11.8. The van der Waals surface area contributed by atoms with Gasteiger partial charge in [-0.2, -0.15) is 0 Å². The minimum absolute atomic E-state index is 0.0517. The molecular formula is C15H19NO3S. The molecule has 0 aromatic heterocycles. The molecule has 2 rings (SSSR count). The highest BCUT2D eigenvalue weighted by atomic mass is 32.2. The summed E-state index contributed by atoms with van der Waals surface area (Å²) in [6, 6.07) is 5.76. The van der Waals surface area contributed by atoms with Crippen LogP contribution in [0.5, 0.6) is 0 Å². The maximum atomic E-state index is 11.8. The Kier molecular flexibility index (Phi) is 4.28. The van der Waals surface area contributed by atoms with Crippen molar-refractivity contribution in [2.24, 2.45) is 0 Å². The van der Waals surface area contributed by atoms with E-state index in [1.54, 1.807) is 6.08 Å². The summed E-state index contributed by atoms with van der Waals surface area (Å²) in [7, 11) is -2.96. The predicted octanol–water partition coefficient (Wildman–Crippen LogP) is 1.62. The van der Waals surface area contributed by atoms with E-state index in [-0.39, 0.29) is 23.5 Å². The van der Waals surface area contributed by atoms with E-state index in [9.17, 15) is 13.2 Å². The standard InChI is InChI=1S/C15H19NO3S/c1-11-3-4-13(12(2)9-11)5-6-15(17)16-14-7-8-20(18,19)10-14/h3-6,9,14H,7-8,10H2,1-2H3,(H,16,17)/b6-5+. The second kappa shape index (κ2) is 5.79. The molecule has 1 saturated heterocycles. The van der Waals surface area contributed by atoms with Gasteiger partial charge >= 0.3 is 0 Å². The van der Waals surface area contributed by atoms with Crippen molar-refractivity contribution in [3.63, 3.8) is 0 Å². The van der Waals surface area contributed by atoms with Gasteiger partial charge in [0.25, 0.3) is 0 Å². The SMILES string of the molecule is Cc1ccc(/C=C/C(=O)NC2CCS(=O)(=O)C2)c(C)c1. The molecule has 1 aromatic rings. The summed E-state index contributed by atoms with van der Waals surface area (Å²) in [5.74, 6) is -0.0263. The van der Waals surface area contributed by atoms with E-state index in [1.165, 1.54) is 11.6 Å². The van der Waals surface area contributed by atoms with Crippen molar-refractivity contribution in [1.82, 2.24) is 5.32 Å². The molecular weight excluding hydrogens is 274 g/mol. The van der Waals surface area contributed by atoms with E-state index in [0.717, 1.165) is 11.1 Å². The first-order chi connectivity index (χ1) is 9.35. The molecule has 0 saturated carbocycles. The second-order valence-electron chi connectivity index (χ2n) is 5.30. The first kappa shape index (κ1) is 14.8. The van der Waals surface area contributed by atoms with Gasteiger partial charge in [0.15, 0.2) is 9.84 Å². The number of benzene rings is 1. The molecule has 1 unspecified atom stereocenters. The quantitative estimate of drug-likeness (QED) is 0.861. The number of hydrogen-bond acceptors (Lipinski definition) is 3. The molecule has 1 aliphatic heterocycles. The predicted molar refractivity (Wildman–Crippen MR) is 80.2 cm³/mol. The van der Waals surface area contributed by atoms with Crippen LogP contribution in [0.1, 0.15) is 23.1 Å². The summed E-state index contributed by atoms with van der Waals surface area (Å²) in [6.45, 7) is 4.02. The van der Waals surface area contributed by atoms with E-state index >= 15 is 0 Å². The smallest absolute Gasteiger partial charge is 0.244 e. The van der Waals surface area contributed by atoms with Crippen LogP contribution in [0.15, 0.2) is 24.3 Å². The minimum atomic E-state index is -2.96. The number of sulfone groups is 1. The molecule has 1 aromatic carbocycles. The van der Waals surface area contributed by atoms with Gasteiger partial charge in [0.1, 0.15) is 0 Å². The van der Waals surface area contributed by atoms with Gasteiger partial charge in [-0.15, -0.1) is 0 Å². The number of aryl methyl sites for hydroxylation is 2. The lowest BCUT2D eigenvalue weighted by Gasteiger charge is -2.08. The fourth-order valence-corrected chi connectivity index (χ4v) is 4.01. The van der Waals surface area contributed by atoms with Crippen molar-refractivity contribution in [1.29, 1.82) is 0 Å². The largest absolute Gasteiger partial charge is 0.349 e. The molecule has 0 bridgehead atoms. The van der Waals surface area contributed by atoms with Crippen molar-refractivity contribution in [2.45, 2.75) is 26.3 Å². The maximum Gasteiger partial charge on any atom is 0.244 e. The molecule has 4 nitrogen and oxygen atoms in total. The zero-order valence-corrected chi connectivity index (χ0v) is 12.5. The summed E-state index contributed by atoms with van der Waals surface area (Å²) < 4.78 is 22.6. The third kappa shape index (κ3) is 3.93. The Labute approximate surface area is 119 Å². The molecule has 1 heterocycles. The first-order valence-electron chi connectivity index (χ1n) is 6.62. The molecule has 1 atom stereocenters. The average molecular weight is 293 g/mol. The Balaban J connectivity index is 1.96. The van der Waals surface area contributed by atoms with E-state index in [4.69, 9.17) is 0 Å². The molecule has 1 N–H and O–H groups in total. The second-order valence-corrected chi connectivity index (χ2v) is 7.53. The highest BCUT2D eigenvalue weighted by molar-refractivity contribution is 7.91. The number of carbonyl (C=O) groups excluding carboxylic acids is 1. The van der Waals surface area contributed by atoms with Crippen LogP contribution in [0.2, 0.25) is 0 Å². The van der Waals surface area contributed by atoms with Crippen LogP contribution in [0, 0.1) is 13.8 Å². The molecule has 5 heteroatoms. The Hall–Kier alpha value is -1.62. The molecule has 1 aliphatic rings. The van der Waals surface area contributed by atoms with Crippen molar-refractivity contribution in [3.8, 4) is 0 Å². The minimum Gasteiger partial charge on any atom is -0.349 e. The van der Waals surface area contributed by atoms with Gasteiger partial charge in [0.05, 0.1) is 11.5 Å². The highest BCUT2D eigenvalue weighted by Crippen LogP contribution is 2.13. The molecule has 0 spiro atoms. The zero-order chi connectivity index (χ0) is 14.8. The monoisotopic (exact) mass is 293 g/mol. The van der Waals surface area contributed by atoms with Gasteiger partial charge in [-0.05, 0) is 37.5 Å². The topological polar surface area (TPSA) is 63.2 Å². The Bertz CT molecular complexity index is 647. The summed E-state index contributed by atoms with van der Waals surface area (Å²) >= 11 is 0. The lowest BCUT2D eigenvalue weighted by molar-refractivity contribution is -0.116. The Morgan fingerprint density at radius 3 is 2.70 bits per heavy atom. The van der Waals surface area contributed by atoms with E-state index in [0.29, 0.717) is 6.42 Å². The number of nitrogens with one attached hydrogen (secondary N) is 1. The number of hydrogen-bond donors (Lipinski definition) is 1. The Morgan fingerprint density at radius 2 is 2.10 bits per heavy atom. The van der Waals surface area contributed by atoms with Crippen LogP contribution in [0.4, 0.5) is 0 Å². The normalized spacial score (nSPS) is 21.2. The van der Waals surface area contributed by atoms with Gasteiger partial charge < -0.3 is 5.32 Å². The molecule has 108 valence electrons. The van der Waals surface area contributed by atoms with Crippen LogP contribution in [-0.4, -0.2) is 31.9 Å². The molecule has 20 heavy (non-hydrogen) atoms. The lowest BCUT2D eigenvalue weighted by Crippen LogP contribution is -2.34. The van der Waals surface area contributed by atoms with E-state index in [2.05, 4.69) is 11.4 Å². The van der Waals surface area contributed by atoms with Crippen LogP contribution in [0.3, 0.4) is 0 Å². The fraction of sp³-hybridized carbons (Fsp3) is 0.400. The van der Waals surface area contributed by atoms with Crippen LogP contribution < -0.4 is 5.32 Å². The van der Waals surface area contributed by atoms with Gasteiger partial charge in [0.2, 0.25) is 5.91 Å². The van der Waals surface area contributed by atoms with Crippen LogP contribution in [0.25, 0.3) is 6.08 Å². The van der Waals surface area contributed by atoms with E-state index in [1.807, 2.05) is 26.0 Å². The van der Waals surface area contributed by atoms with Gasteiger partial charge in [-0.1, -0.05) is 23.8 Å². The van der Waals surface area contributed by atoms with Gasteiger partial charge in [-0.25, -0.2) is 8.42 Å². The summed E-state index contributed by atoms with van der Waals surface area (Å²) in [6.07, 6.45) is 3.72. The van der Waals surface area contributed by atoms with Crippen molar-refractivity contribution < 1.29 is 13.2 Å². The zero-order valence-electron chi connectivity index (χ0n) is 11.7. The van der Waals surface area contributed by atoms with Crippen molar-refractivity contribution in [3.05, 3.63) is 41.0 Å². The molecule has 1 amide bonds. The summed E-state index contributed by atoms with van der Waals surface area (Å²) in [5.41, 5.74) is 3.28. The average Bonchev–Trinajstić information content (AvgIpc) is 2.67. The molecule has 0 radical (unpaired) electrons. The summed E-state index contributed by atoms with van der Waals surface area (Å²) in [4.78, 5) is 11.8. The fourth-order valence-electron chi connectivity index (χ4n) is 2.34. The number of carbonyl (C=O) groups is 1. The lowest BCUT2D eigenvalue weighted by atomic mass is 10.1. The third-order valence-corrected chi connectivity index (χ3v) is 5.19. The van der Waals surface area contributed by atoms with E-state index < -0.39 is 9.84 Å². The molecule has 0 aliphatic carbocycles. The van der Waals surface area contributed by atoms with Crippen LogP contribution >= 0.6 is 0 Å². The number of amides is 1. The third-order valence-electron chi connectivity index (χ3n) is 3.42. The molecule has 1 fully saturated rings. The summed E-state index contributed by atoms with van der Waals surface area (Å²) in [5, 5.41) is 2.73. The Morgan fingerprint density at radius 1 is 1.35 bits per heavy atom. The van der Waals surface area contributed by atoms with Gasteiger partial charge in [-0.3, -0.25) is 4.79 Å².